The van der Waals surface area contributed by atoms with Gasteiger partial charge in [-0.05, 0) is 31.0 Å². The minimum atomic E-state index is 0.0116. The van der Waals surface area contributed by atoms with E-state index in [4.69, 9.17) is 11.6 Å². The summed E-state index contributed by atoms with van der Waals surface area (Å²) in [5, 5.41) is 10.4. The largest absolute Gasteiger partial charge is 0.506 e. The lowest BCUT2D eigenvalue weighted by atomic mass is 10.0. The van der Waals surface area contributed by atoms with Gasteiger partial charge >= 0.3 is 0 Å². The van der Waals surface area contributed by atoms with E-state index in [2.05, 4.69) is 15.9 Å². The first-order chi connectivity index (χ1) is 7.65. The van der Waals surface area contributed by atoms with Crippen LogP contribution < -0.4 is 0 Å². The van der Waals surface area contributed by atoms with E-state index < -0.39 is 0 Å². The molecule has 4 heteroatoms. The lowest BCUT2D eigenvalue weighted by Gasteiger charge is -2.02. The van der Waals surface area contributed by atoms with Crippen LogP contribution in [0.4, 0.5) is 0 Å². The third-order valence-electron chi connectivity index (χ3n) is 2.31. The number of alkyl halides is 1. The van der Waals surface area contributed by atoms with Gasteiger partial charge in [-0.3, -0.25) is 4.79 Å². The van der Waals surface area contributed by atoms with Crippen molar-refractivity contribution < 1.29 is 9.90 Å². The molecule has 1 aromatic carbocycles. The zero-order valence-corrected chi connectivity index (χ0v) is 11.2. The van der Waals surface area contributed by atoms with Gasteiger partial charge in [-0.1, -0.05) is 34.0 Å². The molecule has 1 rings (SSSR count). The van der Waals surface area contributed by atoms with Crippen LogP contribution in [0.25, 0.3) is 0 Å². The van der Waals surface area contributed by atoms with Gasteiger partial charge in [0.15, 0.2) is 5.78 Å². The van der Waals surface area contributed by atoms with Crippen molar-refractivity contribution in [3.63, 3.8) is 0 Å². The minimum absolute atomic E-state index is 0.0116. The Labute approximate surface area is 109 Å². The zero-order chi connectivity index (χ0) is 12.0. The Kier molecular flexibility index (Phi) is 5.85. The summed E-state index contributed by atoms with van der Waals surface area (Å²) in [5.41, 5.74) is 0.571. The number of Topliss-reactive ketones (excluding diaryl/α,β-unsaturated/α-hetero) is 1. The number of aromatic hydroxyl groups is 1. The number of rotatable bonds is 6. The van der Waals surface area contributed by atoms with Crippen LogP contribution in [-0.4, -0.2) is 16.2 Å². The Balaban J connectivity index is 2.50. The third kappa shape index (κ3) is 4.14. The fourth-order valence-electron chi connectivity index (χ4n) is 1.38. The number of halogens is 2. The van der Waals surface area contributed by atoms with Gasteiger partial charge in [-0.25, -0.2) is 0 Å². The van der Waals surface area contributed by atoms with Crippen molar-refractivity contribution in [1.29, 1.82) is 0 Å². The molecule has 0 unspecified atom stereocenters. The molecule has 0 bridgehead atoms. The molecule has 2 nitrogen and oxygen atoms in total. The molecule has 1 N–H and O–H groups in total. The number of carbonyl (C=O) groups excluding carboxylic acids is 1. The summed E-state index contributed by atoms with van der Waals surface area (Å²) in [5.74, 6) is 0.0916. The van der Waals surface area contributed by atoms with Crippen molar-refractivity contribution in [2.75, 3.05) is 5.33 Å². The molecule has 0 radical (unpaired) electrons. The van der Waals surface area contributed by atoms with E-state index in [0.29, 0.717) is 12.0 Å². The van der Waals surface area contributed by atoms with Crippen molar-refractivity contribution in [2.24, 2.45) is 0 Å². The lowest BCUT2D eigenvalue weighted by Crippen LogP contribution is -1.98. The van der Waals surface area contributed by atoms with Gasteiger partial charge in [0, 0.05) is 17.3 Å². The molecule has 0 saturated carbocycles. The first kappa shape index (κ1) is 13.5. The molecule has 88 valence electrons. The van der Waals surface area contributed by atoms with Gasteiger partial charge in [0.1, 0.15) is 5.75 Å². The standard InChI is InChI=1S/C12H14BrClO2/c13-7-3-1-2-4-11(15)9-5-6-12(16)10(14)8-9/h5-6,8,16H,1-4,7H2. The highest BCUT2D eigenvalue weighted by atomic mass is 79.9. The average Bonchev–Trinajstić information content (AvgIpc) is 2.28. The van der Waals surface area contributed by atoms with Crippen LogP contribution in [0.2, 0.25) is 5.02 Å². The molecule has 0 atom stereocenters. The molecule has 0 fully saturated rings. The Morgan fingerprint density at radius 3 is 2.69 bits per heavy atom. The first-order valence-corrected chi connectivity index (χ1v) is 6.72. The van der Waals surface area contributed by atoms with Crippen molar-refractivity contribution in [3.05, 3.63) is 28.8 Å². The van der Waals surface area contributed by atoms with E-state index in [-0.39, 0.29) is 16.6 Å². The van der Waals surface area contributed by atoms with E-state index in [0.717, 1.165) is 24.6 Å². The van der Waals surface area contributed by atoms with Gasteiger partial charge in [0.25, 0.3) is 0 Å². The normalized spacial score (nSPS) is 10.4. The Hall–Kier alpha value is -0.540. The Morgan fingerprint density at radius 1 is 1.31 bits per heavy atom. The van der Waals surface area contributed by atoms with Gasteiger partial charge in [0.2, 0.25) is 0 Å². The van der Waals surface area contributed by atoms with E-state index in [1.807, 2.05) is 0 Å². The second-order valence-electron chi connectivity index (χ2n) is 3.59. The molecule has 0 aliphatic rings. The topological polar surface area (TPSA) is 37.3 Å². The van der Waals surface area contributed by atoms with Crippen molar-refractivity contribution >= 4 is 33.3 Å². The quantitative estimate of drug-likeness (QED) is 0.486. The fraction of sp³-hybridized carbons (Fsp3) is 0.417. The molecule has 0 aliphatic carbocycles. The molecular formula is C12H14BrClO2. The Morgan fingerprint density at radius 2 is 2.06 bits per heavy atom. The monoisotopic (exact) mass is 304 g/mol. The fourth-order valence-corrected chi connectivity index (χ4v) is 1.96. The summed E-state index contributed by atoms with van der Waals surface area (Å²) >= 11 is 9.08. The van der Waals surface area contributed by atoms with Gasteiger partial charge in [0.05, 0.1) is 5.02 Å². The van der Waals surface area contributed by atoms with Gasteiger partial charge < -0.3 is 5.11 Å². The highest BCUT2D eigenvalue weighted by Gasteiger charge is 2.07. The summed E-state index contributed by atoms with van der Waals surface area (Å²) in [7, 11) is 0. The molecule has 0 saturated heterocycles. The van der Waals surface area contributed by atoms with E-state index in [9.17, 15) is 9.90 Å². The molecule has 0 spiro atoms. The van der Waals surface area contributed by atoms with Crippen LogP contribution in [-0.2, 0) is 0 Å². The summed E-state index contributed by atoms with van der Waals surface area (Å²) in [6.07, 6.45) is 3.56. The second kappa shape index (κ2) is 6.92. The van der Waals surface area contributed by atoms with Crippen molar-refractivity contribution in [3.8, 4) is 5.75 Å². The third-order valence-corrected chi connectivity index (χ3v) is 3.17. The highest BCUT2D eigenvalue weighted by molar-refractivity contribution is 9.09. The van der Waals surface area contributed by atoms with E-state index in [1.54, 1.807) is 6.07 Å². The van der Waals surface area contributed by atoms with Gasteiger partial charge in [-0.15, -0.1) is 0 Å². The Bertz CT molecular complexity index is 366. The number of phenolic OH excluding ortho intramolecular Hbond substituents is 1. The number of hydrogen-bond acceptors (Lipinski definition) is 2. The summed E-state index contributed by atoms with van der Waals surface area (Å²) in [6.45, 7) is 0. The molecule has 0 heterocycles. The predicted molar refractivity (Wildman–Crippen MR) is 69.7 cm³/mol. The number of benzene rings is 1. The molecular weight excluding hydrogens is 291 g/mol. The molecule has 1 aromatic rings. The molecule has 0 amide bonds. The highest BCUT2D eigenvalue weighted by Crippen LogP contribution is 2.24. The van der Waals surface area contributed by atoms with Crippen LogP contribution >= 0.6 is 27.5 Å². The first-order valence-electron chi connectivity index (χ1n) is 5.23. The predicted octanol–water partition coefficient (Wildman–Crippen LogP) is 4.18. The smallest absolute Gasteiger partial charge is 0.162 e. The number of unbranched alkanes of at least 4 members (excludes halogenated alkanes) is 2. The van der Waals surface area contributed by atoms with Crippen molar-refractivity contribution in [1.82, 2.24) is 0 Å². The molecule has 16 heavy (non-hydrogen) atoms. The maximum absolute atomic E-state index is 11.7. The second-order valence-corrected chi connectivity index (χ2v) is 4.79. The number of hydrogen-bond donors (Lipinski definition) is 1. The lowest BCUT2D eigenvalue weighted by molar-refractivity contribution is 0.0979. The van der Waals surface area contributed by atoms with Crippen molar-refractivity contribution in [2.45, 2.75) is 25.7 Å². The van der Waals surface area contributed by atoms with Crippen LogP contribution in [0, 0.1) is 0 Å². The van der Waals surface area contributed by atoms with E-state index in [1.165, 1.54) is 12.1 Å². The van der Waals surface area contributed by atoms with Crippen LogP contribution in [0.15, 0.2) is 18.2 Å². The molecule has 0 aromatic heterocycles. The number of phenols is 1. The van der Waals surface area contributed by atoms with Gasteiger partial charge in [-0.2, -0.15) is 0 Å². The maximum atomic E-state index is 11.7. The summed E-state index contributed by atoms with van der Waals surface area (Å²) in [4.78, 5) is 11.7. The molecule has 0 aliphatic heterocycles. The minimum Gasteiger partial charge on any atom is -0.506 e. The summed E-state index contributed by atoms with van der Waals surface area (Å²) in [6, 6.07) is 4.58. The maximum Gasteiger partial charge on any atom is 0.162 e. The van der Waals surface area contributed by atoms with Crippen LogP contribution in [0.5, 0.6) is 5.75 Å². The SMILES string of the molecule is O=C(CCCCCBr)c1ccc(O)c(Cl)c1. The van der Waals surface area contributed by atoms with E-state index >= 15 is 0 Å². The summed E-state index contributed by atoms with van der Waals surface area (Å²) < 4.78 is 0. The average molecular weight is 306 g/mol. The number of carbonyl (C=O) groups is 1. The number of ketones is 1. The van der Waals surface area contributed by atoms with Crippen LogP contribution in [0.1, 0.15) is 36.0 Å². The van der Waals surface area contributed by atoms with Crippen LogP contribution in [0.3, 0.4) is 0 Å². The zero-order valence-electron chi connectivity index (χ0n) is 8.88.